The molecule has 1 aliphatic rings. The fourth-order valence-corrected chi connectivity index (χ4v) is 3.09. The standard InChI is InChI=1S/C15H22N2O4/c1-9-11(8-12(18)19)15(20)17-14(16-9)13(21-2)10-6-4-3-5-7-10/h10,13H,3-8H2,1-2H3,(H,18,19)(H,16,17,20). The third-order valence-electron chi connectivity index (χ3n) is 4.17. The van der Waals surface area contributed by atoms with Crippen molar-refractivity contribution in [3.63, 3.8) is 0 Å². The van der Waals surface area contributed by atoms with Crippen LogP contribution < -0.4 is 5.56 Å². The van der Waals surface area contributed by atoms with E-state index in [1.54, 1.807) is 14.0 Å². The molecule has 0 spiro atoms. The van der Waals surface area contributed by atoms with Gasteiger partial charge in [-0.15, -0.1) is 0 Å². The minimum absolute atomic E-state index is 0.213. The molecule has 116 valence electrons. The molecule has 0 bridgehead atoms. The van der Waals surface area contributed by atoms with E-state index < -0.39 is 5.97 Å². The van der Waals surface area contributed by atoms with Crippen molar-refractivity contribution in [1.82, 2.24) is 9.97 Å². The summed E-state index contributed by atoms with van der Waals surface area (Å²) in [5.41, 5.74) is 0.302. The maximum atomic E-state index is 12.1. The first kappa shape index (κ1) is 15.7. The summed E-state index contributed by atoms with van der Waals surface area (Å²) in [4.78, 5) is 30.0. The van der Waals surface area contributed by atoms with Gasteiger partial charge in [0.2, 0.25) is 0 Å². The van der Waals surface area contributed by atoms with Crippen LogP contribution in [-0.4, -0.2) is 28.2 Å². The zero-order valence-electron chi connectivity index (χ0n) is 12.5. The van der Waals surface area contributed by atoms with E-state index in [-0.39, 0.29) is 23.6 Å². The first-order valence-electron chi connectivity index (χ1n) is 7.37. The molecule has 21 heavy (non-hydrogen) atoms. The van der Waals surface area contributed by atoms with Gasteiger partial charge in [0.1, 0.15) is 11.9 Å². The Bertz CT molecular complexity index is 561. The van der Waals surface area contributed by atoms with Gasteiger partial charge in [-0.2, -0.15) is 0 Å². The molecule has 1 heterocycles. The zero-order chi connectivity index (χ0) is 15.4. The Hall–Kier alpha value is -1.69. The van der Waals surface area contributed by atoms with E-state index in [0.29, 0.717) is 17.4 Å². The number of hydrogen-bond donors (Lipinski definition) is 2. The van der Waals surface area contributed by atoms with E-state index in [9.17, 15) is 9.59 Å². The van der Waals surface area contributed by atoms with Crippen molar-refractivity contribution in [1.29, 1.82) is 0 Å². The van der Waals surface area contributed by atoms with E-state index in [1.807, 2.05) is 0 Å². The summed E-state index contributed by atoms with van der Waals surface area (Å²) >= 11 is 0. The normalized spacial score (nSPS) is 17.6. The van der Waals surface area contributed by atoms with Gasteiger partial charge in [0, 0.05) is 18.4 Å². The lowest BCUT2D eigenvalue weighted by Gasteiger charge is -2.28. The first-order chi connectivity index (χ1) is 10.0. The molecule has 0 saturated heterocycles. The van der Waals surface area contributed by atoms with Gasteiger partial charge in [-0.25, -0.2) is 4.98 Å². The predicted octanol–water partition coefficient (Wildman–Crippen LogP) is 1.97. The number of aromatic amines is 1. The van der Waals surface area contributed by atoms with Gasteiger partial charge in [-0.1, -0.05) is 19.3 Å². The van der Waals surface area contributed by atoms with Crippen LogP contribution in [0.3, 0.4) is 0 Å². The number of methoxy groups -OCH3 is 1. The number of nitrogens with one attached hydrogen (secondary N) is 1. The summed E-state index contributed by atoms with van der Waals surface area (Å²) in [5.74, 6) is -0.161. The van der Waals surface area contributed by atoms with Crippen LogP contribution in [0.4, 0.5) is 0 Å². The summed E-state index contributed by atoms with van der Waals surface area (Å²) in [6.07, 6.45) is 5.19. The van der Waals surface area contributed by atoms with Crippen LogP contribution in [0, 0.1) is 12.8 Å². The Morgan fingerprint density at radius 1 is 1.43 bits per heavy atom. The molecule has 1 fully saturated rings. The molecule has 2 N–H and O–H groups in total. The van der Waals surface area contributed by atoms with Crippen LogP contribution in [-0.2, 0) is 16.0 Å². The average molecular weight is 294 g/mol. The second-order valence-corrected chi connectivity index (χ2v) is 5.64. The van der Waals surface area contributed by atoms with Gasteiger partial charge in [0.05, 0.1) is 6.42 Å². The van der Waals surface area contributed by atoms with Gasteiger partial charge in [-0.3, -0.25) is 9.59 Å². The van der Waals surface area contributed by atoms with Gasteiger partial charge in [0.15, 0.2) is 0 Å². The second-order valence-electron chi connectivity index (χ2n) is 5.64. The molecule has 0 amide bonds. The number of nitrogens with zero attached hydrogens (tertiary/aromatic N) is 1. The smallest absolute Gasteiger partial charge is 0.308 e. The number of rotatable bonds is 5. The number of aromatic nitrogens is 2. The first-order valence-corrected chi connectivity index (χ1v) is 7.37. The van der Waals surface area contributed by atoms with Crippen LogP contribution in [0.15, 0.2) is 4.79 Å². The molecule has 1 aliphatic carbocycles. The Balaban J connectivity index is 2.30. The fourth-order valence-electron chi connectivity index (χ4n) is 3.09. The second kappa shape index (κ2) is 6.85. The molecule has 1 saturated carbocycles. The van der Waals surface area contributed by atoms with Crippen LogP contribution in [0.2, 0.25) is 0 Å². The maximum Gasteiger partial charge on any atom is 0.308 e. The minimum Gasteiger partial charge on any atom is -0.481 e. The largest absolute Gasteiger partial charge is 0.481 e. The predicted molar refractivity (Wildman–Crippen MR) is 77.3 cm³/mol. The van der Waals surface area contributed by atoms with Crippen molar-refractivity contribution >= 4 is 5.97 Å². The highest BCUT2D eigenvalue weighted by Crippen LogP contribution is 2.34. The third kappa shape index (κ3) is 3.69. The average Bonchev–Trinajstić information content (AvgIpc) is 2.45. The summed E-state index contributed by atoms with van der Waals surface area (Å²) in [7, 11) is 1.62. The summed E-state index contributed by atoms with van der Waals surface area (Å²) < 4.78 is 5.56. The van der Waals surface area contributed by atoms with Crippen molar-refractivity contribution in [2.24, 2.45) is 5.92 Å². The van der Waals surface area contributed by atoms with Crippen molar-refractivity contribution in [2.75, 3.05) is 7.11 Å². The Morgan fingerprint density at radius 3 is 2.62 bits per heavy atom. The summed E-state index contributed by atoms with van der Waals surface area (Å²) in [6.45, 7) is 1.67. The number of hydrogen-bond acceptors (Lipinski definition) is 4. The van der Waals surface area contributed by atoms with Gasteiger partial charge in [0.25, 0.3) is 5.56 Å². The maximum absolute atomic E-state index is 12.1. The number of H-pyrrole nitrogens is 1. The molecule has 0 aliphatic heterocycles. The number of aryl methyl sites for hydroxylation is 1. The number of carboxylic acid groups (broad SMARTS) is 1. The van der Waals surface area contributed by atoms with Crippen LogP contribution >= 0.6 is 0 Å². The van der Waals surface area contributed by atoms with Crippen LogP contribution in [0.25, 0.3) is 0 Å². The SMILES string of the molecule is COC(c1nc(C)c(CC(=O)O)c(=O)[nH]1)C1CCCCC1. The van der Waals surface area contributed by atoms with Crippen molar-refractivity contribution in [3.05, 3.63) is 27.4 Å². The molecule has 0 aromatic carbocycles. The quantitative estimate of drug-likeness (QED) is 0.866. The fraction of sp³-hybridized carbons (Fsp3) is 0.667. The van der Waals surface area contributed by atoms with E-state index in [1.165, 1.54) is 19.3 Å². The molecule has 1 unspecified atom stereocenters. The van der Waals surface area contributed by atoms with E-state index in [2.05, 4.69) is 9.97 Å². The Kier molecular flexibility index (Phi) is 5.12. The minimum atomic E-state index is -1.03. The highest BCUT2D eigenvalue weighted by atomic mass is 16.5. The Labute approximate surface area is 123 Å². The van der Waals surface area contributed by atoms with Crippen molar-refractivity contribution in [2.45, 2.75) is 51.6 Å². The topological polar surface area (TPSA) is 92.3 Å². The van der Waals surface area contributed by atoms with Crippen LogP contribution in [0.5, 0.6) is 0 Å². The van der Waals surface area contributed by atoms with Gasteiger partial charge in [-0.05, 0) is 25.7 Å². The number of carboxylic acids is 1. The molecular formula is C15H22N2O4. The monoisotopic (exact) mass is 294 g/mol. The lowest BCUT2D eigenvalue weighted by atomic mass is 9.85. The summed E-state index contributed by atoms with van der Waals surface area (Å²) in [5, 5.41) is 8.84. The molecule has 6 nitrogen and oxygen atoms in total. The third-order valence-corrected chi connectivity index (χ3v) is 4.17. The highest BCUT2D eigenvalue weighted by Gasteiger charge is 2.27. The van der Waals surface area contributed by atoms with Crippen molar-refractivity contribution < 1.29 is 14.6 Å². The molecule has 1 aromatic rings. The summed E-state index contributed by atoms with van der Waals surface area (Å²) in [6, 6.07) is 0. The molecule has 0 radical (unpaired) electrons. The van der Waals surface area contributed by atoms with Gasteiger partial charge < -0.3 is 14.8 Å². The van der Waals surface area contributed by atoms with E-state index in [0.717, 1.165) is 12.8 Å². The highest BCUT2D eigenvalue weighted by molar-refractivity contribution is 5.70. The number of carbonyl (C=O) groups is 1. The zero-order valence-corrected chi connectivity index (χ0v) is 12.5. The molecule has 6 heteroatoms. The molecular weight excluding hydrogens is 272 g/mol. The van der Waals surface area contributed by atoms with E-state index >= 15 is 0 Å². The molecule has 2 rings (SSSR count). The van der Waals surface area contributed by atoms with Gasteiger partial charge >= 0.3 is 5.97 Å². The van der Waals surface area contributed by atoms with Crippen molar-refractivity contribution in [3.8, 4) is 0 Å². The molecule has 1 aromatic heterocycles. The number of aliphatic carboxylic acids is 1. The lowest BCUT2D eigenvalue weighted by Crippen LogP contribution is -2.26. The Morgan fingerprint density at radius 2 is 2.10 bits per heavy atom. The van der Waals surface area contributed by atoms with E-state index in [4.69, 9.17) is 9.84 Å². The number of ether oxygens (including phenoxy) is 1. The van der Waals surface area contributed by atoms with Crippen LogP contribution in [0.1, 0.15) is 55.3 Å². The lowest BCUT2D eigenvalue weighted by molar-refractivity contribution is -0.136. The molecule has 1 atom stereocenters.